The molecule has 26 heavy (non-hydrogen) atoms. The number of phenolic OH excluding ortho intramolecular Hbond substituents is 3. The van der Waals surface area contributed by atoms with Crippen molar-refractivity contribution in [3.63, 3.8) is 0 Å². The average molecular weight is 350 g/mol. The number of fused-ring (bicyclic) bond motifs is 1. The summed E-state index contributed by atoms with van der Waals surface area (Å²) < 4.78 is 0. The molecular weight excluding hydrogens is 324 g/mol. The fraction of sp³-hybridized carbons (Fsp3) is 0.304. The van der Waals surface area contributed by atoms with E-state index in [1.807, 2.05) is 12.1 Å². The van der Waals surface area contributed by atoms with E-state index in [1.165, 1.54) is 11.6 Å². The lowest BCUT2D eigenvalue weighted by atomic mass is 9.86. The number of hydrogen-bond donors (Lipinski definition) is 3. The number of aromatic hydroxyl groups is 3. The Morgan fingerprint density at radius 2 is 1.42 bits per heavy atom. The molecular formula is C23H26O3. The van der Waals surface area contributed by atoms with Gasteiger partial charge in [0.05, 0.1) is 0 Å². The maximum absolute atomic E-state index is 10.1. The van der Waals surface area contributed by atoms with Gasteiger partial charge in [0.1, 0.15) is 17.2 Å². The molecule has 136 valence electrons. The summed E-state index contributed by atoms with van der Waals surface area (Å²) in [5.74, 6) is 1.24. The van der Waals surface area contributed by atoms with Gasteiger partial charge in [-0.25, -0.2) is 0 Å². The van der Waals surface area contributed by atoms with E-state index < -0.39 is 0 Å². The fourth-order valence-electron chi connectivity index (χ4n) is 3.63. The number of benzene rings is 3. The van der Waals surface area contributed by atoms with Crippen LogP contribution in [0.15, 0.2) is 54.6 Å². The quantitative estimate of drug-likeness (QED) is 0.508. The largest absolute Gasteiger partial charge is 0.508 e. The molecule has 0 spiro atoms. The first kappa shape index (κ1) is 18.1. The summed E-state index contributed by atoms with van der Waals surface area (Å²) in [5, 5.41) is 31.4. The Bertz CT molecular complexity index is 901. The maximum atomic E-state index is 10.1. The van der Waals surface area contributed by atoms with Crippen LogP contribution in [0, 0.1) is 0 Å². The van der Waals surface area contributed by atoms with Crippen molar-refractivity contribution in [2.45, 2.75) is 44.9 Å². The third-order valence-corrected chi connectivity index (χ3v) is 5.31. The van der Waals surface area contributed by atoms with E-state index in [9.17, 15) is 15.3 Å². The third-order valence-electron chi connectivity index (χ3n) is 5.31. The summed E-state index contributed by atoms with van der Waals surface area (Å²) in [5.41, 5.74) is 2.19. The molecule has 0 fully saturated rings. The second kappa shape index (κ2) is 7.69. The molecule has 0 saturated heterocycles. The Hall–Kier alpha value is -2.68. The molecule has 3 nitrogen and oxygen atoms in total. The van der Waals surface area contributed by atoms with Crippen LogP contribution in [0.25, 0.3) is 10.8 Å². The van der Waals surface area contributed by atoms with Crippen LogP contribution in [0.4, 0.5) is 0 Å². The molecule has 0 amide bonds. The van der Waals surface area contributed by atoms with Crippen LogP contribution in [-0.4, -0.2) is 15.3 Å². The minimum absolute atomic E-state index is 0.0941. The van der Waals surface area contributed by atoms with Crippen molar-refractivity contribution in [1.82, 2.24) is 0 Å². The minimum Gasteiger partial charge on any atom is -0.508 e. The monoisotopic (exact) mass is 350 g/mol. The number of hydrogen-bond acceptors (Lipinski definition) is 3. The van der Waals surface area contributed by atoms with Crippen LogP contribution in [0.3, 0.4) is 0 Å². The second-order valence-electron chi connectivity index (χ2n) is 7.12. The van der Waals surface area contributed by atoms with Crippen molar-refractivity contribution in [1.29, 1.82) is 0 Å². The standard InChI is InChI=1S/C23H26O3/c1-3-16(22-11-10-21(25)14-23(22)26)5-4-15(2)17-6-7-19-13-20(24)9-8-18(19)12-17/h6-16,24-26H,3-5H2,1-2H3. The van der Waals surface area contributed by atoms with E-state index in [4.69, 9.17) is 0 Å². The predicted octanol–water partition coefficient (Wildman–Crippen LogP) is 6.03. The van der Waals surface area contributed by atoms with Crippen molar-refractivity contribution in [3.8, 4) is 17.2 Å². The molecule has 0 aliphatic carbocycles. The van der Waals surface area contributed by atoms with Crippen LogP contribution in [0.5, 0.6) is 17.2 Å². The van der Waals surface area contributed by atoms with Crippen molar-refractivity contribution >= 4 is 10.8 Å². The van der Waals surface area contributed by atoms with Gasteiger partial charge in [-0.2, -0.15) is 0 Å². The van der Waals surface area contributed by atoms with E-state index >= 15 is 0 Å². The van der Waals surface area contributed by atoms with Crippen LogP contribution in [0.1, 0.15) is 56.1 Å². The van der Waals surface area contributed by atoms with Crippen molar-refractivity contribution in [2.24, 2.45) is 0 Å². The van der Waals surface area contributed by atoms with Crippen LogP contribution in [0.2, 0.25) is 0 Å². The van der Waals surface area contributed by atoms with Gasteiger partial charge in [0, 0.05) is 6.07 Å². The van der Waals surface area contributed by atoms with E-state index in [0.29, 0.717) is 5.92 Å². The Kier molecular flexibility index (Phi) is 5.36. The molecule has 3 rings (SSSR count). The molecule has 0 heterocycles. The Balaban J connectivity index is 1.72. The van der Waals surface area contributed by atoms with Crippen molar-refractivity contribution < 1.29 is 15.3 Å². The molecule has 3 aromatic carbocycles. The second-order valence-corrected chi connectivity index (χ2v) is 7.12. The zero-order valence-corrected chi connectivity index (χ0v) is 15.3. The Morgan fingerprint density at radius 3 is 2.15 bits per heavy atom. The molecule has 2 unspecified atom stereocenters. The summed E-state index contributed by atoms with van der Waals surface area (Å²) in [4.78, 5) is 0. The first-order valence-corrected chi connectivity index (χ1v) is 9.22. The Labute approximate surface area is 154 Å². The zero-order chi connectivity index (χ0) is 18.7. The van der Waals surface area contributed by atoms with E-state index in [-0.39, 0.29) is 23.2 Å². The lowest BCUT2D eigenvalue weighted by Gasteiger charge is -2.20. The van der Waals surface area contributed by atoms with Gasteiger partial charge < -0.3 is 15.3 Å². The fourth-order valence-corrected chi connectivity index (χ4v) is 3.63. The Morgan fingerprint density at radius 1 is 0.769 bits per heavy atom. The van der Waals surface area contributed by atoms with Gasteiger partial charge in [-0.15, -0.1) is 0 Å². The molecule has 0 aromatic heterocycles. The summed E-state index contributed by atoms with van der Waals surface area (Å²) in [6.07, 6.45) is 2.94. The van der Waals surface area contributed by atoms with Gasteiger partial charge in [0.2, 0.25) is 0 Å². The first-order chi connectivity index (χ1) is 12.5. The van der Waals surface area contributed by atoms with Gasteiger partial charge in [0.25, 0.3) is 0 Å². The SMILES string of the molecule is CCC(CCC(C)c1ccc2cc(O)ccc2c1)c1ccc(O)cc1O. The normalized spacial score (nSPS) is 13.6. The number of rotatable bonds is 6. The van der Waals surface area contributed by atoms with E-state index in [2.05, 4.69) is 32.0 Å². The lowest BCUT2D eigenvalue weighted by molar-refractivity contribution is 0.434. The molecule has 2 atom stereocenters. The highest BCUT2D eigenvalue weighted by Gasteiger charge is 2.16. The maximum Gasteiger partial charge on any atom is 0.122 e. The van der Waals surface area contributed by atoms with Gasteiger partial charge >= 0.3 is 0 Å². The van der Waals surface area contributed by atoms with E-state index in [0.717, 1.165) is 35.6 Å². The van der Waals surface area contributed by atoms with Gasteiger partial charge in [-0.3, -0.25) is 0 Å². The smallest absolute Gasteiger partial charge is 0.122 e. The minimum atomic E-state index is 0.0941. The summed E-state index contributed by atoms with van der Waals surface area (Å²) in [6.45, 7) is 4.36. The van der Waals surface area contributed by atoms with Gasteiger partial charge in [-0.05, 0) is 71.2 Å². The van der Waals surface area contributed by atoms with E-state index in [1.54, 1.807) is 18.2 Å². The predicted molar refractivity (Wildman–Crippen MR) is 106 cm³/mol. The van der Waals surface area contributed by atoms with Crippen LogP contribution < -0.4 is 0 Å². The number of phenols is 3. The molecule has 3 aromatic rings. The molecule has 0 aliphatic heterocycles. The first-order valence-electron chi connectivity index (χ1n) is 9.22. The molecule has 0 radical (unpaired) electrons. The molecule has 0 bridgehead atoms. The van der Waals surface area contributed by atoms with Crippen LogP contribution >= 0.6 is 0 Å². The van der Waals surface area contributed by atoms with Crippen LogP contribution in [-0.2, 0) is 0 Å². The zero-order valence-electron chi connectivity index (χ0n) is 15.3. The summed E-state index contributed by atoms with van der Waals surface area (Å²) in [6, 6.07) is 16.7. The topological polar surface area (TPSA) is 60.7 Å². The highest BCUT2D eigenvalue weighted by atomic mass is 16.3. The molecule has 0 aliphatic rings. The van der Waals surface area contributed by atoms with Gasteiger partial charge in [-0.1, -0.05) is 44.2 Å². The highest BCUT2D eigenvalue weighted by Crippen LogP contribution is 2.36. The third kappa shape index (κ3) is 3.93. The highest BCUT2D eigenvalue weighted by molar-refractivity contribution is 5.84. The summed E-state index contributed by atoms with van der Waals surface area (Å²) >= 11 is 0. The average Bonchev–Trinajstić information content (AvgIpc) is 2.62. The molecule has 3 heteroatoms. The molecule has 3 N–H and O–H groups in total. The summed E-state index contributed by atoms with van der Waals surface area (Å²) in [7, 11) is 0. The van der Waals surface area contributed by atoms with Crippen molar-refractivity contribution in [3.05, 3.63) is 65.7 Å². The lowest BCUT2D eigenvalue weighted by Crippen LogP contribution is -2.02. The van der Waals surface area contributed by atoms with Gasteiger partial charge in [0.15, 0.2) is 0 Å². The van der Waals surface area contributed by atoms with Crippen molar-refractivity contribution in [2.75, 3.05) is 0 Å². The molecule has 0 saturated carbocycles.